The van der Waals surface area contributed by atoms with Crippen LogP contribution in [0.15, 0.2) is 0 Å². The zero-order chi connectivity index (χ0) is 11.3. The number of sulfonamides is 1. The van der Waals surface area contributed by atoms with Gasteiger partial charge in [-0.15, -0.1) is 12.4 Å². The minimum Gasteiger partial charge on any atom is -0.327 e. The van der Waals surface area contributed by atoms with E-state index < -0.39 is 10.0 Å². The quantitative estimate of drug-likeness (QED) is 0.811. The molecule has 2 N–H and O–H groups in total. The molecule has 16 heavy (non-hydrogen) atoms. The Morgan fingerprint density at radius 2 is 1.81 bits per heavy atom. The van der Waals surface area contributed by atoms with Crippen LogP contribution in [-0.4, -0.2) is 37.1 Å². The number of hydrogen-bond acceptors (Lipinski definition) is 3. The lowest BCUT2D eigenvalue weighted by Gasteiger charge is -2.41. The van der Waals surface area contributed by atoms with Crippen LogP contribution in [0.4, 0.5) is 0 Å². The first-order valence-corrected chi connectivity index (χ1v) is 7.09. The van der Waals surface area contributed by atoms with Gasteiger partial charge in [0, 0.05) is 19.1 Å². The van der Waals surface area contributed by atoms with E-state index in [1.807, 2.05) is 13.8 Å². The molecule has 1 heterocycles. The summed E-state index contributed by atoms with van der Waals surface area (Å²) in [6, 6.07) is 0.114. The molecule has 96 valence electrons. The summed E-state index contributed by atoms with van der Waals surface area (Å²) in [4.78, 5) is 0. The first-order valence-electron chi connectivity index (χ1n) is 5.58. The van der Waals surface area contributed by atoms with Crippen LogP contribution in [0.1, 0.15) is 33.1 Å². The van der Waals surface area contributed by atoms with E-state index in [2.05, 4.69) is 0 Å². The molecule has 0 bridgehead atoms. The van der Waals surface area contributed by atoms with Crippen molar-refractivity contribution in [3.8, 4) is 0 Å². The normalized spacial score (nSPS) is 30.8. The minimum atomic E-state index is -3.01. The molecule has 2 aliphatic rings. The predicted octanol–water partition coefficient (Wildman–Crippen LogP) is 0.960. The molecule has 0 aromatic carbocycles. The summed E-state index contributed by atoms with van der Waals surface area (Å²) in [5.74, 6) is 0. The van der Waals surface area contributed by atoms with Crippen molar-refractivity contribution in [3.63, 3.8) is 0 Å². The van der Waals surface area contributed by atoms with Crippen molar-refractivity contribution in [2.24, 2.45) is 11.1 Å². The van der Waals surface area contributed by atoms with Crippen molar-refractivity contribution in [1.29, 1.82) is 0 Å². The highest BCUT2D eigenvalue weighted by molar-refractivity contribution is 7.90. The van der Waals surface area contributed by atoms with E-state index in [-0.39, 0.29) is 29.1 Å². The molecule has 4 nitrogen and oxygen atoms in total. The van der Waals surface area contributed by atoms with Gasteiger partial charge >= 0.3 is 0 Å². The lowest BCUT2D eigenvalue weighted by molar-refractivity contribution is 0.155. The average molecular weight is 269 g/mol. The van der Waals surface area contributed by atoms with Crippen LogP contribution in [0.3, 0.4) is 0 Å². The van der Waals surface area contributed by atoms with Crippen LogP contribution in [0, 0.1) is 5.41 Å². The van der Waals surface area contributed by atoms with Crippen LogP contribution in [0.25, 0.3) is 0 Å². The zero-order valence-electron chi connectivity index (χ0n) is 9.85. The molecule has 0 radical (unpaired) electrons. The van der Waals surface area contributed by atoms with Gasteiger partial charge in [0.25, 0.3) is 0 Å². The molecule has 1 saturated heterocycles. The number of nitrogens with two attached hydrogens (primary N) is 1. The summed E-state index contributed by atoms with van der Waals surface area (Å²) in [5.41, 5.74) is 5.89. The monoisotopic (exact) mass is 268 g/mol. The lowest BCUT2D eigenvalue weighted by atomic mass is 9.81. The van der Waals surface area contributed by atoms with Gasteiger partial charge in [-0.3, -0.25) is 0 Å². The fraction of sp³-hybridized carbons (Fsp3) is 1.00. The summed E-state index contributed by atoms with van der Waals surface area (Å²) in [5, 5.41) is -0.0948. The zero-order valence-corrected chi connectivity index (χ0v) is 11.5. The average Bonchev–Trinajstić information content (AvgIpc) is 2.92. The van der Waals surface area contributed by atoms with Crippen molar-refractivity contribution < 1.29 is 8.42 Å². The van der Waals surface area contributed by atoms with Gasteiger partial charge in [-0.2, -0.15) is 0 Å². The molecule has 2 rings (SSSR count). The Bertz CT molecular complexity index is 352. The molecule has 2 fully saturated rings. The smallest absolute Gasteiger partial charge is 0.217 e. The van der Waals surface area contributed by atoms with Crippen LogP contribution in [0.2, 0.25) is 0 Å². The largest absolute Gasteiger partial charge is 0.327 e. The first kappa shape index (κ1) is 14.2. The summed E-state index contributed by atoms with van der Waals surface area (Å²) in [6.45, 7) is 5.27. The van der Waals surface area contributed by atoms with Gasteiger partial charge in [0.1, 0.15) is 0 Å². The Morgan fingerprint density at radius 1 is 1.25 bits per heavy atom. The molecule has 0 amide bonds. The second-order valence-electron chi connectivity index (χ2n) is 5.46. The molecule has 0 aromatic rings. The first-order chi connectivity index (χ1) is 6.84. The Hall–Kier alpha value is 0.160. The SMILES string of the molecule is CC1(C)CN(S(=O)(=O)C2CC2)CCC1N.Cl. The minimum absolute atomic E-state index is 0. The van der Waals surface area contributed by atoms with E-state index in [1.165, 1.54) is 0 Å². The summed E-state index contributed by atoms with van der Waals surface area (Å²) in [7, 11) is -3.01. The van der Waals surface area contributed by atoms with E-state index >= 15 is 0 Å². The predicted molar refractivity (Wildman–Crippen MR) is 67.1 cm³/mol. The van der Waals surface area contributed by atoms with E-state index in [9.17, 15) is 8.42 Å². The summed E-state index contributed by atoms with van der Waals surface area (Å²) >= 11 is 0. The number of hydrogen-bond donors (Lipinski definition) is 1. The molecular formula is C10H21ClN2O2S. The van der Waals surface area contributed by atoms with Gasteiger partial charge in [-0.25, -0.2) is 12.7 Å². The second-order valence-corrected chi connectivity index (χ2v) is 7.67. The van der Waals surface area contributed by atoms with Crippen molar-refractivity contribution >= 4 is 22.4 Å². The van der Waals surface area contributed by atoms with E-state index in [0.29, 0.717) is 13.1 Å². The van der Waals surface area contributed by atoms with Crippen molar-refractivity contribution in [2.75, 3.05) is 13.1 Å². The highest BCUT2D eigenvalue weighted by Crippen LogP contribution is 2.36. The topological polar surface area (TPSA) is 63.4 Å². The van der Waals surface area contributed by atoms with Gasteiger partial charge in [0.2, 0.25) is 10.0 Å². The van der Waals surface area contributed by atoms with Gasteiger partial charge in [-0.05, 0) is 24.7 Å². The third kappa shape index (κ3) is 2.53. The fourth-order valence-corrected chi connectivity index (χ4v) is 4.14. The Labute approximate surface area is 104 Å². The maximum absolute atomic E-state index is 12.0. The molecule has 1 saturated carbocycles. The van der Waals surface area contributed by atoms with Crippen molar-refractivity contribution in [3.05, 3.63) is 0 Å². The number of halogens is 1. The molecule has 6 heteroatoms. The van der Waals surface area contributed by atoms with Gasteiger partial charge in [0.05, 0.1) is 5.25 Å². The van der Waals surface area contributed by atoms with Crippen LogP contribution >= 0.6 is 12.4 Å². The second kappa shape index (κ2) is 4.44. The molecule has 1 atom stereocenters. The summed E-state index contributed by atoms with van der Waals surface area (Å²) < 4.78 is 25.7. The van der Waals surface area contributed by atoms with Gasteiger partial charge in [0.15, 0.2) is 0 Å². The Balaban J connectivity index is 0.00000128. The maximum atomic E-state index is 12.0. The number of rotatable bonds is 2. The molecule has 1 aliphatic carbocycles. The molecule has 1 aliphatic heterocycles. The third-order valence-corrected chi connectivity index (χ3v) is 5.93. The van der Waals surface area contributed by atoms with Crippen molar-refractivity contribution in [2.45, 2.75) is 44.4 Å². The summed E-state index contributed by atoms with van der Waals surface area (Å²) in [6.07, 6.45) is 2.45. The van der Waals surface area contributed by atoms with E-state index in [1.54, 1.807) is 4.31 Å². The Morgan fingerprint density at radius 3 is 2.25 bits per heavy atom. The van der Waals surface area contributed by atoms with E-state index in [4.69, 9.17) is 5.73 Å². The standard InChI is InChI=1S/C10H20N2O2S.ClH/c1-10(2)7-12(6-5-9(10)11)15(13,14)8-3-4-8;/h8-9H,3-7,11H2,1-2H3;1H. The fourth-order valence-electron chi connectivity index (χ4n) is 2.12. The van der Waals surface area contributed by atoms with Crippen LogP contribution < -0.4 is 5.73 Å². The van der Waals surface area contributed by atoms with E-state index in [0.717, 1.165) is 19.3 Å². The highest BCUT2D eigenvalue weighted by atomic mass is 35.5. The van der Waals surface area contributed by atoms with Crippen LogP contribution in [0.5, 0.6) is 0 Å². The molecular weight excluding hydrogens is 248 g/mol. The van der Waals surface area contributed by atoms with Gasteiger partial charge < -0.3 is 5.73 Å². The number of piperidine rings is 1. The number of nitrogens with zero attached hydrogens (tertiary/aromatic N) is 1. The highest BCUT2D eigenvalue weighted by Gasteiger charge is 2.44. The van der Waals surface area contributed by atoms with Crippen LogP contribution in [-0.2, 0) is 10.0 Å². The molecule has 0 aromatic heterocycles. The lowest BCUT2D eigenvalue weighted by Crippen LogP contribution is -2.54. The third-order valence-electron chi connectivity index (χ3n) is 3.58. The van der Waals surface area contributed by atoms with Crippen molar-refractivity contribution in [1.82, 2.24) is 4.31 Å². The molecule has 1 unspecified atom stereocenters. The molecule has 0 spiro atoms. The Kier molecular flexibility index (Phi) is 3.95. The van der Waals surface area contributed by atoms with Gasteiger partial charge in [-0.1, -0.05) is 13.8 Å². The maximum Gasteiger partial charge on any atom is 0.217 e.